The first kappa shape index (κ1) is 17.0. The third-order valence-electron chi connectivity index (χ3n) is 3.21. The Balaban J connectivity index is 2.80. The van der Waals surface area contributed by atoms with E-state index in [9.17, 15) is 13.2 Å². The van der Waals surface area contributed by atoms with Gasteiger partial charge < -0.3 is 5.32 Å². The minimum atomic E-state index is -4.59. The first-order valence-corrected chi connectivity index (χ1v) is 6.78. The largest absolute Gasteiger partial charge is 0.522 e. The van der Waals surface area contributed by atoms with Crippen LogP contribution in [0.2, 0.25) is 0 Å². The summed E-state index contributed by atoms with van der Waals surface area (Å²) in [5.74, 6) is 0. The maximum Gasteiger partial charge on any atom is 0.522 e. The Bertz CT molecular complexity index is 429. The monoisotopic (exact) mass is 293 g/mol. The van der Waals surface area contributed by atoms with Gasteiger partial charge in [-0.3, -0.25) is 9.42 Å². The van der Waals surface area contributed by atoms with Crippen molar-refractivity contribution >= 4 is 0 Å². The van der Waals surface area contributed by atoms with Crippen LogP contribution in [0.25, 0.3) is 0 Å². The first-order valence-electron chi connectivity index (χ1n) is 6.78. The molecule has 0 aliphatic rings. The molecule has 1 rings (SSSR count). The maximum atomic E-state index is 12.0. The molecule has 0 aliphatic heterocycles. The summed E-state index contributed by atoms with van der Waals surface area (Å²) < 4.78 is 41.3. The van der Waals surface area contributed by atoms with Crippen LogP contribution < -0.4 is 5.32 Å². The molecule has 1 aromatic rings. The lowest BCUT2D eigenvalue weighted by Gasteiger charge is -2.17. The molecule has 0 saturated carbocycles. The standard InChI is InChI=1S/C13H22F3N3O/c1-5-11(17-6-2)12-9(3)18-19(10(12)4)7-8-20-13(14,15)16/h11,17H,5-8H2,1-4H3. The zero-order chi connectivity index (χ0) is 15.3. The minimum absolute atomic E-state index is 0.0920. The molecule has 0 saturated heterocycles. The van der Waals surface area contributed by atoms with Crippen molar-refractivity contribution < 1.29 is 17.9 Å². The van der Waals surface area contributed by atoms with Crippen LogP contribution >= 0.6 is 0 Å². The Morgan fingerprint density at radius 3 is 2.45 bits per heavy atom. The molecule has 20 heavy (non-hydrogen) atoms. The third kappa shape index (κ3) is 4.49. The second kappa shape index (κ2) is 7.08. The SMILES string of the molecule is CCNC(CC)c1c(C)nn(CCOC(F)(F)F)c1C. The first-order chi connectivity index (χ1) is 9.30. The van der Waals surface area contributed by atoms with Gasteiger partial charge in [0.2, 0.25) is 0 Å². The summed E-state index contributed by atoms with van der Waals surface area (Å²) in [5.41, 5.74) is 2.81. The summed E-state index contributed by atoms with van der Waals surface area (Å²) >= 11 is 0. The number of halogens is 3. The van der Waals surface area contributed by atoms with Crippen LogP contribution in [0.5, 0.6) is 0 Å². The van der Waals surface area contributed by atoms with E-state index in [0.29, 0.717) is 0 Å². The molecule has 1 atom stereocenters. The third-order valence-corrected chi connectivity index (χ3v) is 3.21. The predicted molar refractivity (Wildman–Crippen MR) is 70.4 cm³/mol. The van der Waals surface area contributed by atoms with Gasteiger partial charge in [-0.05, 0) is 26.8 Å². The Hall–Kier alpha value is -1.08. The van der Waals surface area contributed by atoms with E-state index in [1.165, 1.54) is 0 Å². The van der Waals surface area contributed by atoms with Crippen LogP contribution in [0.15, 0.2) is 0 Å². The van der Waals surface area contributed by atoms with E-state index in [1.54, 1.807) is 4.68 Å². The van der Waals surface area contributed by atoms with E-state index in [0.717, 1.165) is 29.9 Å². The lowest BCUT2D eigenvalue weighted by Crippen LogP contribution is -2.21. The molecular formula is C13H22F3N3O. The number of hydrogen-bond donors (Lipinski definition) is 1. The fraction of sp³-hybridized carbons (Fsp3) is 0.769. The number of hydrogen-bond acceptors (Lipinski definition) is 3. The zero-order valence-corrected chi connectivity index (χ0v) is 12.3. The van der Waals surface area contributed by atoms with Gasteiger partial charge in [0.15, 0.2) is 0 Å². The summed E-state index contributed by atoms with van der Waals surface area (Å²) in [4.78, 5) is 0. The number of nitrogens with one attached hydrogen (secondary N) is 1. The Morgan fingerprint density at radius 1 is 1.30 bits per heavy atom. The number of alkyl halides is 3. The lowest BCUT2D eigenvalue weighted by atomic mass is 10.0. The summed E-state index contributed by atoms with van der Waals surface area (Å²) in [6, 6.07) is 0.178. The van der Waals surface area contributed by atoms with Crippen molar-refractivity contribution in [1.29, 1.82) is 0 Å². The molecule has 0 bridgehead atoms. The molecule has 0 aliphatic carbocycles. The fourth-order valence-electron chi connectivity index (χ4n) is 2.38. The van der Waals surface area contributed by atoms with Gasteiger partial charge in [-0.25, -0.2) is 0 Å². The van der Waals surface area contributed by atoms with Gasteiger partial charge in [0.1, 0.15) is 0 Å². The van der Waals surface area contributed by atoms with Gasteiger partial charge in [-0.1, -0.05) is 13.8 Å². The summed E-state index contributed by atoms with van der Waals surface area (Å²) in [7, 11) is 0. The van der Waals surface area contributed by atoms with E-state index in [2.05, 4.69) is 22.1 Å². The molecule has 0 amide bonds. The molecule has 0 aromatic carbocycles. The molecule has 0 radical (unpaired) electrons. The highest BCUT2D eigenvalue weighted by atomic mass is 19.4. The molecule has 1 heterocycles. The second-order valence-corrected chi connectivity index (χ2v) is 4.62. The predicted octanol–water partition coefficient (Wildman–Crippen LogP) is 3.10. The van der Waals surface area contributed by atoms with E-state index < -0.39 is 13.0 Å². The summed E-state index contributed by atoms with van der Waals surface area (Å²) in [6.45, 7) is 8.34. The van der Waals surface area contributed by atoms with Crippen molar-refractivity contribution in [1.82, 2.24) is 15.1 Å². The van der Waals surface area contributed by atoms with Gasteiger partial charge in [0.25, 0.3) is 0 Å². The van der Waals surface area contributed by atoms with Crippen LogP contribution in [0.3, 0.4) is 0 Å². The average Bonchev–Trinajstić information content (AvgIpc) is 2.61. The summed E-state index contributed by atoms with van der Waals surface area (Å²) in [6.07, 6.45) is -3.69. The zero-order valence-electron chi connectivity index (χ0n) is 12.3. The van der Waals surface area contributed by atoms with Crippen molar-refractivity contribution in [2.24, 2.45) is 0 Å². The number of ether oxygens (including phenoxy) is 1. The van der Waals surface area contributed by atoms with E-state index in [4.69, 9.17) is 0 Å². The Kier molecular flexibility index (Phi) is 6.01. The average molecular weight is 293 g/mol. The number of aryl methyl sites for hydroxylation is 1. The molecule has 0 spiro atoms. The molecular weight excluding hydrogens is 271 g/mol. The van der Waals surface area contributed by atoms with Gasteiger partial charge >= 0.3 is 6.36 Å². The fourth-order valence-corrected chi connectivity index (χ4v) is 2.38. The highest BCUT2D eigenvalue weighted by Crippen LogP contribution is 2.24. The minimum Gasteiger partial charge on any atom is -0.310 e. The number of nitrogens with zero attached hydrogens (tertiary/aromatic N) is 2. The molecule has 0 fully saturated rings. The topological polar surface area (TPSA) is 39.1 Å². The molecule has 116 valence electrons. The van der Waals surface area contributed by atoms with Gasteiger partial charge in [-0.2, -0.15) is 5.10 Å². The van der Waals surface area contributed by atoms with Crippen molar-refractivity contribution in [2.75, 3.05) is 13.2 Å². The van der Waals surface area contributed by atoms with Crippen LogP contribution in [0, 0.1) is 13.8 Å². The summed E-state index contributed by atoms with van der Waals surface area (Å²) in [5, 5.41) is 7.67. The van der Waals surface area contributed by atoms with Crippen molar-refractivity contribution in [3.8, 4) is 0 Å². The Morgan fingerprint density at radius 2 is 1.95 bits per heavy atom. The molecule has 7 heteroatoms. The highest BCUT2D eigenvalue weighted by molar-refractivity contribution is 5.28. The number of rotatable bonds is 7. The van der Waals surface area contributed by atoms with E-state index in [-0.39, 0.29) is 12.6 Å². The second-order valence-electron chi connectivity index (χ2n) is 4.62. The highest BCUT2D eigenvalue weighted by Gasteiger charge is 2.29. The smallest absolute Gasteiger partial charge is 0.310 e. The van der Waals surface area contributed by atoms with Crippen LogP contribution in [-0.4, -0.2) is 29.3 Å². The molecule has 1 unspecified atom stereocenters. The van der Waals surface area contributed by atoms with Gasteiger partial charge in [0.05, 0.1) is 18.8 Å². The molecule has 1 aromatic heterocycles. The van der Waals surface area contributed by atoms with E-state index >= 15 is 0 Å². The Labute approximate surface area is 117 Å². The maximum absolute atomic E-state index is 12.0. The van der Waals surface area contributed by atoms with Crippen LogP contribution in [0.4, 0.5) is 13.2 Å². The van der Waals surface area contributed by atoms with Crippen molar-refractivity contribution in [2.45, 2.75) is 53.1 Å². The normalized spacial score (nSPS) is 13.8. The van der Waals surface area contributed by atoms with Crippen LogP contribution in [0.1, 0.15) is 43.3 Å². The number of aromatic nitrogens is 2. The van der Waals surface area contributed by atoms with Crippen molar-refractivity contribution in [3.63, 3.8) is 0 Å². The molecule has 1 N–H and O–H groups in total. The van der Waals surface area contributed by atoms with Gasteiger partial charge in [-0.15, -0.1) is 13.2 Å². The quantitative estimate of drug-likeness (QED) is 0.839. The van der Waals surface area contributed by atoms with Crippen molar-refractivity contribution in [3.05, 3.63) is 17.0 Å². The lowest BCUT2D eigenvalue weighted by molar-refractivity contribution is -0.325. The van der Waals surface area contributed by atoms with Gasteiger partial charge in [0, 0.05) is 17.3 Å². The van der Waals surface area contributed by atoms with Crippen LogP contribution in [-0.2, 0) is 11.3 Å². The van der Waals surface area contributed by atoms with E-state index in [1.807, 2.05) is 20.8 Å². The molecule has 4 nitrogen and oxygen atoms in total.